The Hall–Kier alpha value is -1.85. The van der Waals surface area contributed by atoms with Crippen LogP contribution in [0, 0.1) is 0 Å². The molecule has 0 radical (unpaired) electrons. The Bertz CT molecular complexity index is 545. The lowest BCUT2D eigenvalue weighted by Crippen LogP contribution is -2.48. The van der Waals surface area contributed by atoms with Crippen LogP contribution in [-0.4, -0.2) is 35.4 Å². The van der Waals surface area contributed by atoms with Gasteiger partial charge in [0.15, 0.2) is 0 Å². The van der Waals surface area contributed by atoms with E-state index in [0.29, 0.717) is 12.1 Å². The van der Waals surface area contributed by atoms with Gasteiger partial charge in [0, 0.05) is 32.0 Å². The molecule has 1 aliphatic heterocycles. The van der Waals surface area contributed by atoms with Gasteiger partial charge in [-0.1, -0.05) is 6.07 Å². The third kappa shape index (κ3) is 2.84. The van der Waals surface area contributed by atoms with E-state index in [-0.39, 0.29) is 24.4 Å². The lowest BCUT2D eigenvalue weighted by Gasteiger charge is -2.36. The Balaban J connectivity index is 0.00000147. The largest absolute Gasteiger partial charge is 0.472 e. The van der Waals surface area contributed by atoms with Crippen molar-refractivity contribution >= 4 is 18.3 Å². The summed E-state index contributed by atoms with van der Waals surface area (Å²) in [5, 5.41) is 3.32. The van der Waals surface area contributed by atoms with Crippen molar-refractivity contribution in [2.75, 3.05) is 19.6 Å². The number of hydrogen-bond donors (Lipinski definition) is 1. The summed E-state index contributed by atoms with van der Waals surface area (Å²) in [7, 11) is 0. The van der Waals surface area contributed by atoms with E-state index >= 15 is 0 Å². The fraction of sp³-hybridized carbons (Fsp3) is 0.286. The number of piperazine rings is 1. The second-order valence-electron chi connectivity index (χ2n) is 4.52. The Morgan fingerprint density at radius 3 is 3.05 bits per heavy atom. The topological polar surface area (TPSA) is 58.4 Å². The van der Waals surface area contributed by atoms with Gasteiger partial charge in [-0.15, -0.1) is 12.4 Å². The van der Waals surface area contributed by atoms with Crippen LogP contribution < -0.4 is 5.32 Å². The van der Waals surface area contributed by atoms with E-state index in [0.717, 1.165) is 18.7 Å². The molecule has 1 unspecified atom stereocenters. The molecule has 1 amide bonds. The average Bonchev–Trinajstić information content (AvgIpc) is 3.02. The van der Waals surface area contributed by atoms with Crippen LogP contribution in [0.25, 0.3) is 0 Å². The van der Waals surface area contributed by atoms with Gasteiger partial charge in [-0.2, -0.15) is 0 Å². The molecule has 0 aliphatic carbocycles. The first-order valence-electron chi connectivity index (χ1n) is 6.30. The first-order chi connectivity index (χ1) is 9.36. The maximum absolute atomic E-state index is 12.5. The maximum atomic E-state index is 12.5. The molecule has 1 aliphatic rings. The van der Waals surface area contributed by atoms with Crippen LogP contribution in [0.4, 0.5) is 0 Å². The summed E-state index contributed by atoms with van der Waals surface area (Å²) in [5.74, 6) is 0.00380. The molecule has 0 spiro atoms. The number of aromatic nitrogens is 1. The zero-order valence-corrected chi connectivity index (χ0v) is 11.7. The summed E-state index contributed by atoms with van der Waals surface area (Å²) in [4.78, 5) is 18.5. The summed E-state index contributed by atoms with van der Waals surface area (Å²) in [6.07, 6.45) is 6.56. The molecule has 3 rings (SSSR count). The van der Waals surface area contributed by atoms with E-state index in [1.165, 1.54) is 12.5 Å². The Morgan fingerprint density at radius 1 is 1.45 bits per heavy atom. The molecule has 1 saturated heterocycles. The van der Waals surface area contributed by atoms with Crippen LogP contribution in [0.3, 0.4) is 0 Å². The van der Waals surface area contributed by atoms with Gasteiger partial charge >= 0.3 is 0 Å². The molecule has 6 heteroatoms. The van der Waals surface area contributed by atoms with Gasteiger partial charge in [-0.25, -0.2) is 0 Å². The Kier molecular flexibility index (Phi) is 4.76. The third-order valence-corrected chi connectivity index (χ3v) is 3.34. The number of furan rings is 1. The number of carbonyl (C=O) groups excluding carboxylic acids is 1. The minimum Gasteiger partial charge on any atom is -0.472 e. The number of nitrogens with one attached hydrogen (secondary N) is 1. The molecule has 1 fully saturated rings. The quantitative estimate of drug-likeness (QED) is 0.918. The highest BCUT2D eigenvalue weighted by molar-refractivity contribution is 5.94. The monoisotopic (exact) mass is 293 g/mol. The SMILES string of the molecule is Cl.O=C(c1ccoc1)N1CCNCC1c1cccnc1. The van der Waals surface area contributed by atoms with Gasteiger partial charge in [0.05, 0.1) is 17.9 Å². The van der Waals surface area contributed by atoms with Crippen molar-refractivity contribution in [2.24, 2.45) is 0 Å². The number of carbonyl (C=O) groups is 1. The molecule has 1 N–H and O–H groups in total. The summed E-state index contributed by atoms with van der Waals surface area (Å²) in [6, 6.07) is 5.61. The van der Waals surface area contributed by atoms with E-state index in [1.54, 1.807) is 12.3 Å². The molecule has 5 nitrogen and oxygen atoms in total. The molecule has 0 aromatic carbocycles. The number of hydrogen-bond acceptors (Lipinski definition) is 4. The number of amides is 1. The highest BCUT2D eigenvalue weighted by atomic mass is 35.5. The van der Waals surface area contributed by atoms with Crippen LogP contribution in [-0.2, 0) is 0 Å². The molecule has 0 saturated carbocycles. The summed E-state index contributed by atoms with van der Waals surface area (Å²) >= 11 is 0. The first-order valence-corrected chi connectivity index (χ1v) is 6.30. The van der Waals surface area contributed by atoms with Gasteiger partial charge in [-0.3, -0.25) is 9.78 Å². The molecule has 106 valence electrons. The van der Waals surface area contributed by atoms with Gasteiger partial charge in [0.2, 0.25) is 0 Å². The van der Waals surface area contributed by atoms with E-state index in [2.05, 4.69) is 10.3 Å². The average molecular weight is 294 g/mol. The Morgan fingerprint density at radius 2 is 2.35 bits per heavy atom. The molecule has 2 aromatic heterocycles. The Labute approximate surface area is 123 Å². The molecule has 3 heterocycles. The van der Waals surface area contributed by atoms with Crippen molar-refractivity contribution in [3.05, 3.63) is 54.2 Å². The fourth-order valence-electron chi connectivity index (χ4n) is 2.37. The number of nitrogens with zero attached hydrogens (tertiary/aromatic N) is 2. The highest BCUT2D eigenvalue weighted by Crippen LogP contribution is 2.23. The minimum absolute atomic E-state index is 0. The van der Waals surface area contributed by atoms with Crippen molar-refractivity contribution < 1.29 is 9.21 Å². The standard InChI is InChI=1S/C14H15N3O2.ClH/c18-14(12-3-7-19-10-12)17-6-5-16-9-13(17)11-2-1-4-15-8-11;/h1-4,7-8,10,13,16H,5-6,9H2;1H. The number of pyridine rings is 1. The van der Waals surface area contributed by atoms with E-state index < -0.39 is 0 Å². The molecular weight excluding hydrogens is 278 g/mol. The maximum Gasteiger partial charge on any atom is 0.257 e. The number of halogens is 1. The van der Waals surface area contributed by atoms with Gasteiger partial charge < -0.3 is 14.6 Å². The lowest BCUT2D eigenvalue weighted by atomic mass is 10.0. The minimum atomic E-state index is 0. The highest BCUT2D eigenvalue weighted by Gasteiger charge is 2.29. The van der Waals surface area contributed by atoms with Gasteiger partial charge in [0.1, 0.15) is 6.26 Å². The fourth-order valence-corrected chi connectivity index (χ4v) is 2.37. The second kappa shape index (κ2) is 6.54. The van der Waals surface area contributed by atoms with Crippen molar-refractivity contribution in [1.82, 2.24) is 15.2 Å². The molecule has 0 bridgehead atoms. The first kappa shape index (κ1) is 14.6. The number of rotatable bonds is 2. The zero-order valence-electron chi connectivity index (χ0n) is 10.9. The lowest BCUT2D eigenvalue weighted by molar-refractivity contribution is 0.0633. The molecule has 20 heavy (non-hydrogen) atoms. The van der Waals surface area contributed by atoms with Crippen LogP contribution in [0.1, 0.15) is 22.0 Å². The van der Waals surface area contributed by atoms with E-state index in [9.17, 15) is 4.79 Å². The molecular formula is C14H16ClN3O2. The van der Waals surface area contributed by atoms with Crippen LogP contribution in [0.5, 0.6) is 0 Å². The van der Waals surface area contributed by atoms with Crippen LogP contribution in [0.2, 0.25) is 0 Å². The predicted octanol–water partition coefficient (Wildman–Crippen LogP) is 1.88. The predicted molar refractivity (Wildman–Crippen MR) is 76.8 cm³/mol. The van der Waals surface area contributed by atoms with Gasteiger partial charge in [0.25, 0.3) is 5.91 Å². The van der Waals surface area contributed by atoms with Crippen molar-refractivity contribution in [3.63, 3.8) is 0 Å². The van der Waals surface area contributed by atoms with Crippen molar-refractivity contribution in [3.8, 4) is 0 Å². The summed E-state index contributed by atoms with van der Waals surface area (Å²) in [6.45, 7) is 2.24. The zero-order chi connectivity index (χ0) is 13.1. The normalized spacial score (nSPS) is 18.4. The smallest absolute Gasteiger partial charge is 0.257 e. The third-order valence-electron chi connectivity index (χ3n) is 3.34. The second-order valence-corrected chi connectivity index (χ2v) is 4.52. The van der Waals surface area contributed by atoms with Crippen LogP contribution >= 0.6 is 12.4 Å². The summed E-state index contributed by atoms with van der Waals surface area (Å²) < 4.78 is 4.99. The molecule has 1 atom stereocenters. The van der Waals surface area contributed by atoms with E-state index in [4.69, 9.17) is 4.42 Å². The van der Waals surface area contributed by atoms with E-state index in [1.807, 2.05) is 23.2 Å². The van der Waals surface area contributed by atoms with Crippen molar-refractivity contribution in [1.29, 1.82) is 0 Å². The van der Waals surface area contributed by atoms with Crippen LogP contribution in [0.15, 0.2) is 47.5 Å². The van der Waals surface area contributed by atoms with Crippen molar-refractivity contribution in [2.45, 2.75) is 6.04 Å². The van der Waals surface area contributed by atoms with Gasteiger partial charge in [-0.05, 0) is 17.7 Å². The molecule has 2 aromatic rings. The summed E-state index contributed by atoms with van der Waals surface area (Å²) in [5.41, 5.74) is 1.64.